The first-order valence-electron chi connectivity index (χ1n) is 3.28. The first-order valence-corrected chi connectivity index (χ1v) is 3.28. The molecule has 0 radical (unpaired) electrons. The summed E-state index contributed by atoms with van der Waals surface area (Å²) in [6.45, 7) is 0. The van der Waals surface area contributed by atoms with Crippen LogP contribution in [-0.2, 0) is 0 Å². The van der Waals surface area contributed by atoms with E-state index < -0.39 is 0 Å². The Morgan fingerprint density at radius 1 is 1.00 bits per heavy atom. The zero-order valence-electron chi connectivity index (χ0n) is 5.48. The van der Waals surface area contributed by atoms with Gasteiger partial charge in [-0.3, -0.25) is 0 Å². The van der Waals surface area contributed by atoms with Crippen molar-refractivity contribution in [2.24, 2.45) is 5.41 Å². The lowest BCUT2D eigenvalue weighted by molar-refractivity contribution is 0.564. The third-order valence-electron chi connectivity index (χ3n) is 2.01. The molecule has 0 aromatic carbocycles. The van der Waals surface area contributed by atoms with Crippen molar-refractivity contribution in [2.45, 2.75) is 25.7 Å². The quantitative estimate of drug-likeness (QED) is 0.425. The SMILES string of the molecule is C#CC1(C#C)CCCC1. The van der Waals surface area contributed by atoms with Crippen LogP contribution in [0.3, 0.4) is 0 Å². The summed E-state index contributed by atoms with van der Waals surface area (Å²) < 4.78 is 0. The molecule has 9 heavy (non-hydrogen) atoms. The molecule has 0 unspecified atom stereocenters. The highest BCUT2D eigenvalue weighted by molar-refractivity contribution is 5.22. The van der Waals surface area contributed by atoms with Crippen LogP contribution in [0.2, 0.25) is 0 Å². The van der Waals surface area contributed by atoms with Crippen molar-refractivity contribution in [3.63, 3.8) is 0 Å². The van der Waals surface area contributed by atoms with Crippen molar-refractivity contribution in [1.82, 2.24) is 0 Å². The topological polar surface area (TPSA) is 0 Å². The molecule has 0 aliphatic heterocycles. The van der Waals surface area contributed by atoms with Gasteiger partial charge < -0.3 is 0 Å². The van der Waals surface area contributed by atoms with Crippen LogP contribution in [0, 0.1) is 30.1 Å². The van der Waals surface area contributed by atoms with Crippen molar-refractivity contribution in [2.75, 3.05) is 0 Å². The van der Waals surface area contributed by atoms with Crippen molar-refractivity contribution in [1.29, 1.82) is 0 Å². The minimum atomic E-state index is -0.167. The summed E-state index contributed by atoms with van der Waals surface area (Å²) in [6.07, 6.45) is 15.0. The Balaban J connectivity index is 2.74. The van der Waals surface area contributed by atoms with Crippen LogP contribution in [0.1, 0.15) is 25.7 Å². The van der Waals surface area contributed by atoms with Gasteiger partial charge in [0.15, 0.2) is 0 Å². The fourth-order valence-corrected chi connectivity index (χ4v) is 1.31. The van der Waals surface area contributed by atoms with Gasteiger partial charge in [0, 0.05) is 0 Å². The van der Waals surface area contributed by atoms with Crippen molar-refractivity contribution in [3.8, 4) is 24.7 Å². The van der Waals surface area contributed by atoms with Crippen molar-refractivity contribution in [3.05, 3.63) is 0 Å². The van der Waals surface area contributed by atoms with Gasteiger partial charge >= 0.3 is 0 Å². The van der Waals surface area contributed by atoms with Gasteiger partial charge in [0.1, 0.15) is 0 Å². The highest BCUT2D eigenvalue weighted by Gasteiger charge is 2.28. The molecule has 46 valence electrons. The molecule has 0 saturated heterocycles. The van der Waals surface area contributed by atoms with Crippen LogP contribution < -0.4 is 0 Å². The summed E-state index contributed by atoms with van der Waals surface area (Å²) in [5, 5.41) is 0. The maximum atomic E-state index is 5.29. The van der Waals surface area contributed by atoms with E-state index in [9.17, 15) is 0 Å². The number of rotatable bonds is 0. The lowest BCUT2D eigenvalue weighted by Crippen LogP contribution is -2.08. The van der Waals surface area contributed by atoms with E-state index in [4.69, 9.17) is 12.8 Å². The Morgan fingerprint density at radius 3 is 1.67 bits per heavy atom. The zero-order chi connectivity index (χ0) is 6.74. The zero-order valence-corrected chi connectivity index (χ0v) is 5.48. The molecule has 0 nitrogen and oxygen atoms in total. The number of terminal acetylenes is 2. The predicted octanol–water partition coefficient (Wildman–Crippen LogP) is 1.81. The van der Waals surface area contributed by atoms with E-state index in [1.54, 1.807) is 0 Å². The molecule has 0 heterocycles. The van der Waals surface area contributed by atoms with Crippen LogP contribution in [-0.4, -0.2) is 0 Å². The van der Waals surface area contributed by atoms with Gasteiger partial charge in [-0.15, -0.1) is 12.8 Å². The second kappa shape index (κ2) is 2.16. The van der Waals surface area contributed by atoms with Crippen LogP contribution in [0.4, 0.5) is 0 Å². The molecule has 1 fully saturated rings. The second-order valence-corrected chi connectivity index (χ2v) is 2.58. The molecule has 1 rings (SSSR count). The van der Waals surface area contributed by atoms with Gasteiger partial charge in [-0.05, 0) is 12.8 Å². The monoisotopic (exact) mass is 118 g/mol. The molecule has 1 saturated carbocycles. The lowest BCUT2D eigenvalue weighted by atomic mass is 9.89. The average molecular weight is 118 g/mol. The summed E-state index contributed by atoms with van der Waals surface area (Å²) in [5.74, 6) is 5.38. The van der Waals surface area contributed by atoms with E-state index in [-0.39, 0.29) is 5.41 Å². The summed E-state index contributed by atoms with van der Waals surface area (Å²) >= 11 is 0. The van der Waals surface area contributed by atoms with Crippen LogP contribution >= 0.6 is 0 Å². The van der Waals surface area contributed by atoms with E-state index >= 15 is 0 Å². The van der Waals surface area contributed by atoms with Gasteiger partial charge in [0.05, 0.1) is 5.41 Å². The van der Waals surface area contributed by atoms with Gasteiger partial charge in [-0.25, -0.2) is 0 Å². The molecule has 0 aromatic rings. The van der Waals surface area contributed by atoms with Gasteiger partial charge in [0.2, 0.25) is 0 Å². The molecular weight excluding hydrogens is 108 g/mol. The first kappa shape index (κ1) is 6.24. The first-order chi connectivity index (χ1) is 4.33. The van der Waals surface area contributed by atoms with E-state index in [0.717, 1.165) is 12.8 Å². The Kier molecular flexibility index (Phi) is 1.50. The highest BCUT2D eigenvalue weighted by Crippen LogP contribution is 2.36. The van der Waals surface area contributed by atoms with E-state index in [2.05, 4.69) is 11.8 Å². The van der Waals surface area contributed by atoms with Gasteiger partial charge in [-0.1, -0.05) is 24.7 Å². The Hall–Kier alpha value is -0.880. The molecular formula is C9H10. The smallest absolute Gasteiger partial charge is 0.0913 e. The van der Waals surface area contributed by atoms with E-state index in [1.807, 2.05) is 0 Å². The fourth-order valence-electron chi connectivity index (χ4n) is 1.31. The van der Waals surface area contributed by atoms with Crippen LogP contribution in [0.15, 0.2) is 0 Å². The highest BCUT2D eigenvalue weighted by atomic mass is 14.3. The molecule has 0 aromatic heterocycles. The Labute approximate surface area is 56.7 Å². The minimum absolute atomic E-state index is 0.167. The lowest BCUT2D eigenvalue weighted by Gasteiger charge is -2.11. The molecule has 0 spiro atoms. The Bertz CT molecular complexity index is 153. The largest absolute Gasteiger partial charge is 0.118 e. The number of hydrogen-bond acceptors (Lipinski definition) is 0. The second-order valence-electron chi connectivity index (χ2n) is 2.58. The maximum absolute atomic E-state index is 5.29. The Morgan fingerprint density at radius 2 is 1.44 bits per heavy atom. The van der Waals surface area contributed by atoms with Crippen LogP contribution in [0.25, 0.3) is 0 Å². The molecule has 0 heteroatoms. The van der Waals surface area contributed by atoms with Crippen molar-refractivity contribution < 1.29 is 0 Å². The summed E-state index contributed by atoms with van der Waals surface area (Å²) in [5.41, 5.74) is -0.167. The maximum Gasteiger partial charge on any atom is 0.0913 e. The van der Waals surface area contributed by atoms with Gasteiger partial charge in [-0.2, -0.15) is 0 Å². The van der Waals surface area contributed by atoms with Crippen molar-refractivity contribution >= 4 is 0 Å². The summed E-state index contributed by atoms with van der Waals surface area (Å²) in [7, 11) is 0. The normalized spacial score (nSPS) is 22.4. The summed E-state index contributed by atoms with van der Waals surface area (Å²) in [4.78, 5) is 0. The predicted molar refractivity (Wildman–Crippen MR) is 38.6 cm³/mol. The number of hydrogen-bond donors (Lipinski definition) is 0. The van der Waals surface area contributed by atoms with Gasteiger partial charge in [0.25, 0.3) is 0 Å². The molecule has 0 N–H and O–H groups in total. The van der Waals surface area contributed by atoms with Crippen LogP contribution in [0.5, 0.6) is 0 Å². The summed E-state index contributed by atoms with van der Waals surface area (Å²) in [6, 6.07) is 0. The molecule has 0 amide bonds. The third kappa shape index (κ3) is 0.936. The minimum Gasteiger partial charge on any atom is -0.118 e. The standard InChI is InChI=1S/C9H10/c1-3-9(4-2)7-5-6-8-9/h1-2H,5-8H2. The molecule has 1 aliphatic carbocycles. The van der Waals surface area contributed by atoms with E-state index in [1.165, 1.54) is 12.8 Å². The molecule has 0 atom stereocenters. The fraction of sp³-hybridized carbons (Fsp3) is 0.556. The van der Waals surface area contributed by atoms with E-state index in [0.29, 0.717) is 0 Å². The molecule has 1 aliphatic rings. The molecule has 0 bridgehead atoms. The third-order valence-corrected chi connectivity index (χ3v) is 2.01. The average Bonchev–Trinajstić information content (AvgIpc) is 2.36.